The smallest absolute Gasteiger partial charge is 0.264 e. The molecule has 4 nitrogen and oxygen atoms in total. The van der Waals surface area contributed by atoms with E-state index in [1.807, 2.05) is 44.2 Å². The van der Waals surface area contributed by atoms with Crippen LogP contribution < -0.4 is 10.9 Å². The van der Waals surface area contributed by atoms with Crippen molar-refractivity contribution < 1.29 is 0 Å². The van der Waals surface area contributed by atoms with Crippen LogP contribution in [-0.4, -0.2) is 9.55 Å². The topological polar surface area (TPSA) is 46.9 Å². The number of hydrogen-bond donors (Lipinski definition) is 1. The van der Waals surface area contributed by atoms with Gasteiger partial charge in [-0.05, 0) is 57.2 Å². The number of nitrogens with one attached hydrogen (secondary N) is 1. The number of nitrogens with zero attached hydrogens (tertiary/aromatic N) is 2. The van der Waals surface area contributed by atoms with Crippen LogP contribution in [0.3, 0.4) is 0 Å². The minimum atomic E-state index is 0.0553. The molecule has 0 spiro atoms. The van der Waals surface area contributed by atoms with E-state index in [0.29, 0.717) is 5.95 Å². The first-order chi connectivity index (χ1) is 11.6. The quantitative estimate of drug-likeness (QED) is 0.755. The van der Waals surface area contributed by atoms with Gasteiger partial charge in [0.25, 0.3) is 5.56 Å². The van der Waals surface area contributed by atoms with Crippen LogP contribution in [0.25, 0.3) is 10.2 Å². The van der Waals surface area contributed by atoms with Crippen molar-refractivity contribution in [3.8, 4) is 0 Å². The zero-order valence-electron chi connectivity index (χ0n) is 14.0. The Bertz CT molecular complexity index is 941. The average Bonchev–Trinajstić information content (AvgIpc) is 2.94. The molecule has 24 heavy (non-hydrogen) atoms. The fourth-order valence-electron chi connectivity index (χ4n) is 3.44. The first kappa shape index (κ1) is 15.4. The molecule has 2 heterocycles. The zero-order valence-corrected chi connectivity index (χ0v) is 14.8. The van der Waals surface area contributed by atoms with E-state index in [9.17, 15) is 4.79 Å². The molecule has 1 aliphatic rings. The average molecular weight is 339 g/mol. The van der Waals surface area contributed by atoms with Crippen molar-refractivity contribution in [1.29, 1.82) is 0 Å². The summed E-state index contributed by atoms with van der Waals surface area (Å²) in [6, 6.07) is 9.95. The van der Waals surface area contributed by atoms with Gasteiger partial charge in [-0.3, -0.25) is 9.36 Å². The maximum absolute atomic E-state index is 13.2. The lowest BCUT2D eigenvalue weighted by molar-refractivity contribution is 0.582. The Kier molecular flexibility index (Phi) is 3.88. The van der Waals surface area contributed by atoms with Crippen LogP contribution in [0.15, 0.2) is 35.1 Å². The monoisotopic (exact) mass is 339 g/mol. The molecule has 0 unspecified atom stereocenters. The standard InChI is InChI=1S/C19H21N3OS/c1-12(2)22-18(23)16-14-10-6-7-11-15(14)24-17(16)21-19(22)20-13-8-4-3-5-9-13/h3-5,8-9,12H,6-7,10-11H2,1-2H3,(H,20,21). The number of fused-ring (bicyclic) bond motifs is 3. The minimum absolute atomic E-state index is 0.0553. The maximum atomic E-state index is 13.2. The van der Waals surface area contributed by atoms with Gasteiger partial charge >= 0.3 is 0 Å². The van der Waals surface area contributed by atoms with Crippen molar-refractivity contribution >= 4 is 33.2 Å². The fourth-order valence-corrected chi connectivity index (χ4v) is 4.69. The van der Waals surface area contributed by atoms with Crippen LogP contribution in [0.1, 0.15) is 43.2 Å². The number of anilines is 2. The van der Waals surface area contributed by atoms with Gasteiger partial charge in [0, 0.05) is 16.6 Å². The van der Waals surface area contributed by atoms with E-state index >= 15 is 0 Å². The van der Waals surface area contributed by atoms with Crippen LogP contribution in [-0.2, 0) is 12.8 Å². The molecule has 2 aromatic heterocycles. The molecule has 0 aliphatic heterocycles. The van der Waals surface area contributed by atoms with E-state index in [4.69, 9.17) is 4.98 Å². The third-order valence-corrected chi connectivity index (χ3v) is 5.75. The van der Waals surface area contributed by atoms with Crippen molar-refractivity contribution in [2.45, 2.75) is 45.6 Å². The lowest BCUT2D eigenvalue weighted by Crippen LogP contribution is -2.26. The number of hydrogen-bond acceptors (Lipinski definition) is 4. The minimum Gasteiger partial charge on any atom is -0.325 e. The molecule has 3 aromatic rings. The van der Waals surface area contributed by atoms with Crippen LogP contribution in [0, 0.1) is 0 Å². The van der Waals surface area contributed by atoms with E-state index in [0.717, 1.165) is 28.7 Å². The highest BCUT2D eigenvalue weighted by Crippen LogP contribution is 2.34. The molecule has 0 amide bonds. The zero-order chi connectivity index (χ0) is 16.7. The summed E-state index contributed by atoms with van der Waals surface area (Å²) in [6.45, 7) is 4.06. The summed E-state index contributed by atoms with van der Waals surface area (Å²) in [4.78, 5) is 20.3. The maximum Gasteiger partial charge on any atom is 0.264 e. The normalized spacial score (nSPS) is 14.1. The number of para-hydroxylation sites is 1. The molecule has 0 atom stereocenters. The number of aromatic nitrogens is 2. The Morgan fingerprint density at radius 2 is 1.92 bits per heavy atom. The van der Waals surface area contributed by atoms with E-state index in [1.165, 1.54) is 23.3 Å². The van der Waals surface area contributed by atoms with Gasteiger partial charge in [-0.2, -0.15) is 0 Å². The Morgan fingerprint density at radius 3 is 2.67 bits per heavy atom. The number of thiophene rings is 1. The number of benzene rings is 1. The predicted molar refractivity (Wildman–Crippen MR) is 101 cm³/mol. The van der Waals surface area contributed by atoms with Crippen molar-refractivity contribution in [3.63, 3.8) is 0 Å². The second-order valence-electron chi connectivity index (χ2n) is 6.59. The van der Waals surface area contributed by atoms with Crippen LogP contribution in [0.2, 0.25) is 0 Å². The van der Waals surface area contributed by atoms with E-state index < -0.39 is 0 Å². The molecule has 1 aromatic carbocycles. The van der Waals surface area contributed by atoms with Crippen LogP contribution in [0.5, 0.6) is 0 Å². The van der Waals surface area contributed by atoms with E-state index in [-0.39, 0.29) is 11.6 Å². The van der Waals surface area contributed by atoms with E-state index in [1.54, 1.807) is 15.9 Å². The van der Waals surface area contributed by atoms with Gasteiger partial charge in [0.05, 0.1) is 5.39 Å². The molecule has 0 fully saturated rings. The summed E-state index contributed by atoms with van der Waals surface area (Å²) in [7, 11) is 0. The first-order valence-corrected chi connectivity index (χ1v) is 9.35. The highest BCUT2D eigenvalue weighted by Gasteiger charge is 2.22. The third kappa shape index (κ3) is 2.53. The summed E-state index contributed by atoms with van der Waals surface area (Å²) in [5.74, 6) is 0.632. The molecular formula is C19H21N3OS. The Hall–Kier alpha value is -2.14. The summed E-state index contributed by atoms with van der Waals surface area (Å²) in [5, 5.41) is 4.17. The van der Waals surface area contributed by atoms with Gasteiger partial charge in [0.2, 0.25) is 5.95 Å². The largest absolute Gasteiger partial charge is 0.325 e. The Balaban J connectivity index is 1.93. The summed E-state index contributed by atoms with van der Waals surface area (Å²) in [6.07, 6.45) is 4.48. The van der Waals surface area contributed by atoms with Crippen molar-refractivity contribution in [2.24, 2.45) is 0 Å². The SMILES string of the molecule is CC(C)n1c(Nc2ccccc2)nc2sc3c(c2c1=O)CCCC3. The number of aryl methyl sites for hydroxylation is 2. The van der Waals surface area contributed by atoms with Crippen molar-refractivity contribution in [2.75, 3.05) is 5.32 Å². The van der Waals surface area contributed by atoms with Crippen LogP contribution in [0.4, 0.5) is 11.6 Å². The molecule has 5 heteroatoms. The van der Waals surface area contributed by atoms with Crippen LogP contribution >= 0.6 is 11.3 Å². The van der Waals surface area contributed by atoms with Crippen molar-refractivity contribution in [3.05, 3.63) is 51.1 Å². The van der Waals surface area contributed by atoms with Gasteiger partial charge in [0.1, 0.15) is 4.83 Å². The molecule has 0 saturated carbocycles. The molecule has 0 radical (unpaired) electrons. The van der Waals surface area contributed by atoms with Gasteiger partial charge < -0.3 is 5.32 Å². The Morgan fingerprint density at radius 1 is 1.17 bits per heavy atom. The highest BCUT2D eigenvalue weighted by molar-refractivity contribution is 7.18. The van der Waals surface area contributed by atoms with E-state index in [2.05, 4.69) is 5.32 Å². The summed E-state index contributed by atoms with van der Waals surface area (Å²) >= 11 is 1.69. The van der Waals surface area contributed by atoms with Gasteiger partial charge in [-0.1, -0.05) is 18.2 Å². The third-order valence-electron chi connectivity index (χ3n) is 4.57. The molecule has 0 saturated heterocycles. The Labute approximate surface area is 145 Å². The molecule has 124 valence electrons. The van der Waals surface area contributed by atoms with Gasteiger partial charge in [-0.15, -0.1) is 11.3 Å². The van der Waals surface area contributed by atoms with Gasteiger partial charge in [-0.25, -0.2) is 4.98 Å². The molecule has 0 bridgehead atoms. The summed E-state index contributed by atoms with van der Waals surface area (Å²) in [5.41, 5.74) is 2.28. The second kappa shape index (κ2) is 6.06. The molecular weight excluding hydrogens is 318 g/mol. The predicted octanol–water partition coefficient (Wildman–Crippen LogP) is 4.66. The van der Waals surface area contributed by atoms with Crippen molar-refractivity contribution in [1.82, 2.24) is 9.55 Å². The molecule has 1 N–H and O–H groups in total. The number of rotatable bonds is 3. The second-order valence-corrected chi connectivity index (χ2v) is 7.67. The molecule has 4 rings (SSSR count). The lowest BCUT2D eigenvalue weighted by Gasteiger charge is -2.17. The first-order valence-electron chi connectivity index (χ1n) is 8.54. The molecule has 1 aliphatic carbocycles. The summed E-state index contributed by atoms with van der Waals surface area (Å²) < 4.78 is 1.79. The van der Waals surface area contributed by atoms with Gasteiger partial charge in [0.15, 0.2) is 0 Å². The fraction of sp³-hybridized carbons (Fsp3) is 0.368. The lowest BCUT2D eigenvalue weighted by atomic mass is 9.97. The highest BCUT2D eigenvalue weighted by atomic mass is 32.1.